The Hall–Kier alpha value is -2.62. The van der Waals surface area contributed by atoms with E-state index in [1.165, 1.54) is 35.1 Å². The molecule has 0 amide bonds. The van der Waals surface area contributed by atoms with E-state index in [-0.39, 0.29) is 11.9 Å². The molecule has 0 aliphatic heterocycles. The molecule has 0 saturated heterocycles. The average molecular weight is 583 g/mol. The van der Waals surface area contributed by atoms with E-state index in [2.05, 4.69) is 26.0 Å². The summed E-state index contributed by atoms with van der Waals surface area (Å²) in [4.78, 5) is 25.4. The van der Waals surface area contributed by atoms with Crippen molar-refractivity contribution in [2.75, 3.05) is 0 Å². The minimum atomic E-state index is -0.190. The molecule has 0 saturated carbocycles. The molecule has 0 radical (unpaired) electrons. The lowest BCUT2D eigenvalue weighted by molar-refractivity contribution is -0.135. The summed E-state index contributed by atoms with van der Waals surface area (Å²) in [7, 11) is 0. The molecule has 2 aliphatic rings. The third-order valence-electron chi connectivity index (χ3n) is 7.16. The maximum Gasteiger partial charge on any atom is 0.311 e. The second-order valence-corrected chi connectivity index (χ2v) is 9.72. The third-order valence-corrected chi connectivity index (χ3v) is 7.16. The number of hydrogen-bond acceptors (Lipinski definition) is 4. The fraction of sp³-hybridized carbons (Fsp3) is 0.632. The van der Waals surface area contributed by atoms with Crippen LogP contribution in [0.25, 0.3) is 11.1 Å². The number of carbonyl (C=O) groups is 2. The Balaban J connectivity index is 0.00000194. The van der Waals surface area contributed by atoms with Gasteiger partial charge in [-0.1, -0.05) is 94.2 Å². The Kier molecular flexibility index (Phi) is 22.4. The van der Waals surface area contributed by atoms with Gasteiger partial charge in [0.15, 0.2) is 0 Å². The van der Waals surface area contributed by atoms with Gasteiger partial charge in [-0.05, 0) is 98.6 Å². The zero-order chi connectivity index (χ0) is 31.9. The van der Waals surface area contributed by atoms with Crippen LogP contribution >= 0.6 is 0 Å². The average Bonchev–Trinajstić information content (AvgIpc) is 3.06. The first-order valence-corrected chi connectivity index (χ1v) is 17.3. The minimum Gasteiger partial charge on any atom is -0.426 e. The van der Waals surface area contributed by atoms with Crippen molar-refractivity contribution in [1.29, 1.82) is 0 Å². The summed E-state index contributed by atoms with van der Waals surface area (Å²) in [5, 5.41) is 0. The summed E-state index contributed by atoms with van der Waals surface area (Å²) in [5.41, 5.74) is 7.14. The molecule has 0 fully saturated rings. The largest absolute Gasteiger partial charge is 0.426 e. The van der Waals surface area contributed by atoms with Crippen molar-refractivity contribution in [3.8, 4) is 22.6 Å². The highest BCUT2D eigenvalue weighted by atomic mass is 16.5. The molecule has 4 heteroatoms. The number of carbonyl (C=O) groups excluding carboxylic acids is 2. The molecule has 238 valence electrons. The number of unbranched alkanes of at least 4 members (excludes halogenated alkanes) is 2. The first-order valence-electron chi connectivity index (χ1n) is 17.3. The highest BCUT2D eigenvalue weighted by Gasteiger charge is 2.27. The molecule has 0 heterocycles. The van der Waals surface area contributed by atoms with Crippen LogP contribution < -0.4 is 9.47 Å². The standard InChI is InChI=1S/C30H38O4.4C2H6/c1-3-5-15-27(31)33-25-19-17-21-11-7-9-13-23(21)29(25)30-24-14-10-8-12-22(24)18-20-26(30)34-28(32)16-6-4-2;4*1-2/h17-20H,3-16H2,1-2H3;4*1-2H3. The molecule has 2 aliphatic carbocycles. The van der Waals surface area contributed by atoms with Gasteiger partial charge in [-0.25, -0.2) is 0 Å². The topological polar surface area (TPSA) is 52.6 Å². The van der Waals surface area contributed by atoms with Crippen LogP contribution in [-0.2, 0) is 35.3 Å². The van der Waals surface area contributed by atoms with Gasteiger partial charge in [-0.2, -0.15) is 0 Å². The van der Waals surface area contributed by atoms with Crippen LogP contribution in [0.2, 0.25) is 0 Å². The highest BCUT2D eigenvalue weighted by Crippen LogP contribution is 2.47. The zero-order valence-electron chi connectivity index (χ0n) is 28.8. The second kappa shape index (κ2) is 23.9. The summed E-state index contributed by atoms with van der Waals surface area (Å²) in [6.45, 7) is 20.2. The predicted molar refractivity (Wildman–Crippen MR) is 181 cm³/mol. The van der Waals surface area contributed by atoms with Crippen LogP contribution in [0.3, 0.4) is 0 Å². The van der Waals surface area contributed by atoms with E-state index in [0.717, 1.165) is 75.3 Å². The van der Waals surface area contributed by atoms with E-state index in [9.17, 15) is 9.59 Å². The Morgan fingerprint density at radius 2 is 0.881 bits per heavy atom. The number of benzene rings is 2. The van der Waals surface area contributed by atoms with E-state index < -0.39 is 0 Å². The number of esters is 2. The molecule has 0 aromatic heterocycles. The van der Waals surface area contributed by atoms with E-state index >= 15 is 0 Å². The van der Waals surface area contributed by atoms with Gasteiger partial charge in [0, 0.05) is 24.0 Å². The maximum atomic E-state index is 12.7. The third kappa shape index (κ3) is 11.6. The van der Waals surface area contributed by atoms with Crippen LogP contribution in [0, 0.1) is 0 Å². The molecule has 0 bridgehead atoms. The van der Waals surface area contributed by atoms with E-state index in [4.69, 9.17) is 9.47 Å². The van der Waals surface area contributed by atoms with Crippen molar-refractivity contribution in [2.24, 2.45) is 0 Å². The lowest BCUT2D eigenvalue weighted by atomic mass is 9.80. The predicted octanol–water partition coefficient (Wildman–Crippen LogP) is 11.4. The maximum absolute atomic E-state index is 12.7. The van der Waals surface area contributed by atoms with Crippen LogP contribution in [0.5, 0.6) is 11.5 Å². The number of rotatable bonds is 9. The van der Waals surface area contributed by atoms with Gasteiger partial charge in [0.05, 0.1) is 0 Å². The molecule has 0 N–H and O–H groups in total. The summed E-state index contributed by atoms with van der Waals surface area (Å²) in [6, 6.07) is 8.19. The Morgan fingerprint density at radius 1 is 0.548 bits per heavy atom. The molecule has 2 aromatic rings. The molecule has 4 rings (SSSR count). The normalized spacial score (nSPS) is 12.5. The van der Waals surface area contributed by atoms with E-state index in [1.54, 1.807) is 0 Å². The van der Waals surface area contributed by atoms with Crippen molar-refractivity contribution < 1.29 is 19.1 Å². The van der Waals surface area contributed by atoms with Crippen LogP contribution in [-0.4, -0.2) is 11.9 Å². The Labute approximate surface area is 259 Å². The van der Waals surface area contributed by atoms with Crippen molar-refractivity contribution in [3.63, 3.8) is 0 Å². The molecule has 0 spiro atoms. The molecule has 0 atom stereocenters. The molecule has 2 aromatic carbocycles. The van der Waals surface area contributed by atoms with Crippen LogP contribution in [0.4, 0.5) is 0 Å². The summed E-state index contributed by atoms with van der Waals surface area (Å²) in [6.07, 6.45) is 12.9. The number of aryl methyl sites for hydroxylation is 2. The first-order chi connectivity index (χ1) is 20.6. The lowest BCUT2D eigenvalue weighted by Gasteiger charge is -2.27. The Bertz CT molecular complexity index is 954. The van der Waals surface area contributed by atoms with Gasteiger partial charge in [0.1, 0.15) is 11.5 Å². The van der Waals surface area contributed by atoms with Gasteiger partial charge in [-0.15, -0.1) is 0 Å². The van der Waals surface area contributed by atoms with Gasteiger partial charge in [-0.3, -0.25) is 9.59 Å². The van der Waals surface area contributed by atoms with E-state index in [0.29, 0.717) is 24.3 Å². The molecule has 42 heavy (non-hydrogen) atoms. The van der Waals surface area contributed by atoms with Crippen molar-refractivity contribution >= 4 is 11.9 Å². The van der Waals surface area contributed by atoms with Crippen molar-refractivity contribution in [3.05, 3.63) is 46.5 Å². The monoisotopic (exact) mass is 582 g/mol. The second-order valence-electron chi connectivity index (χ2n) is 9.72. The SMILES string of the molecule is CC.CC.CC.CC.CCCCC(=O)Oc1ccc2c(c1-c1c(OC(=O)CCCC)ccc3c1CCCC3)CCCC2. The number of hydrogen-bond donors (Lipinski definition) is 0. The fourth-order valence-electron chi connectivity index (χ4n) is 5.32. The lowest BCUT2D eigenvalue weighted by Crippen LogP contribution is -2.15. The molecular weight excluding hydrogens is 520 g/mol. The minimum absolute atomic E-state index is 0.190. The van der Waals surface area contributed by atoms with Gasteiger partial charge >= 0.3 is 11.9 Å². The van der Waals surface area contributed by atoms with Crippen LogP contribution in [0.1, 0.15) is 156 Å². The van der Waals surface area contributed by atoms with Crippen LogP contribution in [0.15, 0.2) is 24.3 Å². The first kappa shape index (κ1) is 39.4. The molecule has 4 nitrogen and oxygen atoms in total. The summed E-state index contributed by atoms with van der Waals surface area (Å²) >= 11 is 0. The quantitative estimate of drug-likeness (QED) is 0.218. The van der Waals surface area contributed by atoms with Crippen molar-refractivity contribution in [2.45, 2.75) is 159 Å². The smallest absolute Gasteiger partial charge is 0.311 e. The highest BCUT2D eigenvalue weighted by molar-refractivity contribution is 5.88. The summed E-state index contributed by atoms with van der Waals surface area (Å²) < 4.78 is 12.0. The fourth-order valence-corrected chi connectivity index (χ4v) is 5.32. The summed E-state index contributed by atoms with van der Waals surface area (Å²) in [5.74, 6) is 0.855. The zero-order valence-corrected chi connectivity index (χ0v) is 28.8. The number of ether oxygens (including phenoxy) is 2. The van der Waals surface area contributed by atoms with Gasteiger partial charge < -0.3 is 9.47 Å². The number of fused-ring (bicyclic) bond motifs is 2. The molecule has 0 unspecified atom stereocenters. The van der Waals surface area contributed by atoms with Gasteiger partial charge in [0.25, 0.3) is 0 Å². The molecular formula is C38H62O4. The van der Waals surface area contributed by atoms with Crippen molar-refractivity contribution in [1.82, 2.24) is 0 Å². The van der Waals surface area contributed by atoms with Gasteiger partial charge in [0.2, 0.25) is 0 Å². The Morgan fingerprint density at radius 3 is 1.21 bits per heavy atom. The van der Waals surface area contributed by atoms with E-state index in [1.807, 2.05) is 67.5 Å².